The van der Waals surface area contributed by atoms with E-state index in [0.29, 0.717) is 0 Å². The normalized spacial score (nSPS) is 47.2. The van der Waals surface area contributed by atoms with Gasteiger partial charge in [0.1, 0.15) is 0 Å². The third-order valence-corrected chi connectivity index (χ3v) is 7.27. The van der Waals surface area contributed by atoms with E-state index in [9.17, 15) is 4.21 Å². The highest BCUT2D eigenvalue weighted by atomic mass is 32.2. The van der Waals surface area contributed by atoms with Gasteiger partial charge in [0.25, 0.3) is 0 Å². The SMILES string of the molecule is CCCCS(=O)C12CC3CC(CC(C3)C1)C2. The Morgan fingerprint density at radius 3 is 2.00 bits per heavy atom. The summed E-state index contributed by atoms with van der Waals surface area (Å²) in [5.41, 5.74) is 0. The largest absolute Gasteiger partial charge is 0.259 e. The summed E-state index contributed by atoms with van der Waals surface area (Å²) in [7, 11) is -0.525. The fraction of sp³-hybridized carbons (Fsp3) is 1.00. The van der Waals surface area contributed by atoms with Gasteiger partial charge in [-0.25, -0.2) is 0 Å². The van der Waals surface area contributed by atoms with Gasteiger partial charge in [0.2, 0.25) is 0 Å². The lowest BCUT2D eigenvalue weighted by atomic mass is 9.56. The van der Waals surface area contributed by atoms with Gasteiger partial charge in [-0.3, -0.25) is 4.21 Å². The summed E-state index contributed by atoms with van der Waals surface area (Å²) in [6.45, 7) is 2.21. The number of hydrogen-bond acceptors (Lipinski definition) is 1. The van der Waals surface area contributed by atoms with Gasteiger partial charge < -0.3 is 0 Å². The zero-order valence-corrected chi connectivity index (χ0v) is 11.2. The third-order valence-electron chi connectivity index (χ3n) is 5.15. The molecule has 92 valence electrons. The first-order valence-electron chi connectivity index (χ1n) is 7.10. The first-order chi connectivity index (χ1) is 7.72. The molecule has 1 unspecified atom stereocenters. The maximum Gasteiger partial charge on any atom is 0.0467 e. The summed E-state index contributed by atoms with van der Waals surface area (Å²) in [4.78, 5) is 0. The molecule has 4 saturated carbocycles. The van der Waals surface area contributed by atoms with Crippen molar-refractivity contribution >= 4 is 10.8 Å². The molecule has 0 spiro atoms. The molecule has 0 aromatic carbocycles. The van der Waals surface area contributed by atoms with E-state index in [0.717, 1.165) is 29.9 Å². The van der Waals surface area contributed by atoms with Crippen molar-refractivity contribution in [1.82, 2.24) is 0 Å². The smallest absolute Gasteiger partial charge is 0.0467 e. The lowest BCUT2D eigenvalue weighted by Gasteiger charge is -2.56. The lowest BCUT2D eigenvalue weighted by Crippen LogP contribution is -2.53. The van der Waals surface area contributed by atoms with Crippen molar-refractivity contribution < 1.29 is 4.21 Å². The molecule has 4 aliphatic rings. The molecule has 16 heavy (non-hydrogen) atoms. The van der Waals surface area contributed by atoms with Crippen molar-refractivity contribution in [1.29, 1.82) is 0 Å². The second-order valence-electron chi connectivity index (χ2n) is 6.50. The van der Waals surface area contributed by atoms with E-state index in [2.05, 4.69) is 6.92 Å². The summed E-state index contributed by atoms with van der Waals surface area (Å²) in [5, 5.41) is 0. The summed E-state index contributed by atoms with van der Waals surface area (Å²) < 4.78 is 12.8. The Labute approximate surface area is 102 Å². The van der Waals surface area contributed by atoms with Crippen LogP contribution in [0.3, 0.4) is 0 Å². The fourth-order valence-electron chi connectivity index (χ4n) is 4.80. The molecular weight excluding hydrogens is 216 g/mol. The molecule has 4 rings (SSSR count). The Bertz CT molecular complexity index is 262. The van der Waals surface area contributed by atoms with Crippen LogP contribution in [0.4, 0.5) is 0 Å². The minimum absolute atomic E-state index is 0.282. The van der Waals surface area contributed by atoms with Crippen molar-refractivity contribution in [3.8, 4) is 0 Å². The molecule has 1 nitrogen and oxygen atoms in total. The average molecular weight is 240 g/mol. The molecule has 0 radical (unpaired) electrons. The van der Waals surface area contributed by atoms with Gasteiger partial charge in [-0.1, -0.05) is 13.3 Å². The van der Waals surface area contributed by atoms with E-state index in [1.807, 2.05) is 0 Å². The summed E-state index contributed by atoms with van der Waals surface area (Å²) in [6, 6.07) is 0. The standard InChI is InChI=1S/C14H24OS/c1-2-3-4-16(15)14-8-11-5-12(9-14)7-13(6-11)10-14/h11-13H,2-10H2,1H3. The minimum atomic E-state index is -0.525. The maximum absolute atomic E-state index is 12.6. The molecule has 0 N–H and O–H groups in total. The number of rotatable bonds is 4. The lowest BCUT2D eigenvalue weighted by molar-refractivity contribution is 0.0361. The molecule has 0 aromatic rings. The first-order valence-corrected chi connectivity index (χ1v) is 8.42. The Kier molecular flexibility index (Phi) is 2.89. The molecular formula is C14H24OS. The molecule has 1 atom stereocenters. The van der Waals surface area contributed by atoms with E-state index in [1.54, 1.807) is 0 Å². The van der Waals surface area contributed by atoms with E-state index in [1.165, 1.54) is 44.9 Å². The highest BCUT2D eigenvalue weighted by Crippen LogP contribution is 2.57. The zero-order valence-electron chi connectivity index (χ0n) is 10.4. The number of unbranched alkanes of at least 4 members (excludes halogenated alkanes) is 1. The van der Waals surface area contributed by atoms with Crippen LogP contribution in [0.2, 0.25) is 0 Å². The Hall–Kier alpha value is 0.150. The van der Waals surface area contributed by atoms with Crippen LogP contribution in [0.15, 0.2) is 0 Å². The fourth-order valence-corrected chi connectivity index (χ4v) is 7.05. The van der Waals surface area contributed by atoms with Gasteiger partial charge in [-0.2, -0.15) is 0 Å². The van der Waals surface area contributed by atoms with Crippen LogP contribution < -0.4 is 0 Å². The predicted octanol–water partition coefficient (Wildman–Crippen LogP) is 3.50. The van der Waals surface area contributed by atoms with E-state index < -0.39 is 10.8 Å². The summed E-state index contributed by atoms with van der Waals surface area (Å²) in [6.07, 6.45) is 10.6. The minimum Gasteiger partial charge on any atom is -0.259 e. The average Bonchev–Trinajstić information content (AvgIpc) is 2.24. The van der Waals surface area contributed by atoms with E-state index in [4.69, 9.17) is 0 Å². The van der Waals surface area contributed by atoms with Crippen LogP contribution in [-0.2, 0) is 10.8 Å². The topological polar surface area (TPSA) is 17.1 Å². The Balaban J connectivity index is 1.75. The number of hydrogen-bond donors (Lipinski definition) is 0. The summed E-state index contributed by atoms with van der Waals surface area (Å²) in [5.74, 6) is 3.80. The molecule has 0 aromatic heterocycles. The van der Waals surface area contributed by atoms with Gasteiger partial charge in [-0.15, -0.1) is 0 Å². The van der Waals surface area contributed by atoms with Crippen molar-refractivity contribution in [2.75, 3.05) is 5.75 Å². The summed E-state index contributed by atoms with van der Waals surface area (Å²) >= 11 is 0. The Morgan fingerprint density at radius 2 is 1.56 bits per heavy atom. The quantitative estimate of drug-likeness (QED) is 0.735. The second-order valence-corrected chi connectivity index (χ2v) is 8.47. The van der Waals surface area contributed by atoms with Crippen molar-refractivity contribution in [3.63, 3.8) is 0 Å². The van der Waals surface area contributed by atoms with Crippen LogP contribution in [0, 0.1) is 17.8 Å². The van der Waals surface area contributed by atoms with E-state index in [-0.39, 0.29) is 4.75 Å². The van der Waals surface area contributed by atoms with Crippen LogP contribution >= 0.6 is 0 Å². The molecule has 0 heterocycles. The molecule has 4 bridgehead atoms. The Morgan fingerprint density at radius 1 is 1.06 bits per heavy atom. The van der Waals surface area contributed by atoms with E-state index >= 15 is 0 Å². The van der Waals surface area contributed by atoms with Gasteiger partial charge in [-0.05, 0) is 62.7 Å². The molecule has 0 amide bonds. The highest BCUT2D eigenvalue weighted by molar-refractivity contribution is 7.86. The molecule has 0 saturated heterocycles. The van der Waals surface area contributed by atoms with Crippen LogP contribution in [-0.4, -0.2) is 14.7 Å². The maximum atomic E-state index is 12.6. The van der Waals surface area contributed by atoms with Crippen molar-refractivity contribution in [3.05, 3.63) is 0 Å². The van der Waals surface area contributed by atoms with Gasteiger partial charge in [0.05, 0.1) is 0 Å². The van der Waals surface area contributed by atoms with Crippen molar-refractivity contribution in [2.45, 2.75) is 63.0 Å². The van der Waals surface area contributed by atoms with Gasteiger partial charge >= 0.3 is 0 Å². The monoisotopic (exact) mass is 240 g/mol. The third kappa shape index (κ3) is 1.77. The molecule has 4 fully saturated rings. The van der Waals surface area contributed by atoms with Crippen LogP contribution in [0.1, 0.15) is 58.3 Å². The molecule has 2 heteroatoms. The molecule has 0 aliphatic heterocycles. The first kappa shape index (κ1) is 11.3. The zero-order chi connectivity index (χ0) is 11.2. The predicted molar refractivity (Wildman–Crippen MR) is 68.8 cm³/mol. The highest BCUT2D eigenvalue weighted by Gasteiger charge is 2.53. The van der Waals surface area contributed by atoms with Gasteiger partial charge in [0.15, 0.2) is 0 Å². The second kappa shape index (κ2) is 4.12. The van der Waals surface area contributed by atoms with Gasteiger partial charge in [0, 0.05) is 21.3 Å². The van der Waals surface area contributed by atoms with Crippen molar-refractivity contribution in [2.24, 2.45) is 17.8 Å². The molecule has 4 aliphatic carbocycles. The van der Waals surface area contributed by atoms with Crippen LogP contribution in [0.25, 0.3) is 0 Å². The van der Waals surface area contributed by atoms with Crippen LogP contribution in [0.5, 0.6) is 0 Å².